The van der Waals surface area contributed by atoms with E-state index in [0.717, 1.165) is 5.56 Å². The van der Waals surface area contributed by atoms with E-state index >= 15 is 0 Å². The molecule has 0 radical (unpaired) electrons. The Balaban J connectivity index is 1.43. The Hall–Kier alpha value is -3.88. The minimum absolute atomic E-state index is 0.102. The number of likely N-dealkylation sites (N-methyl/N-ethyl adjacent to an activating group) is 1. The summed E-state index contributed by atoms with van der Waals surface area (Å²) in [6.07, 6.45) is 5.22. The minimum atomic E-state index is -0.937. The zero-order chi connectivity index (χ0) is 35.7. The number of carbonyl (C=O) groups is 1. The lowest BCUT2D eigenvalue weighted by atomic mass is 9.84. The van der Waals surface area contributed by atoms with E-state index in [1.54, 1.807) is 17.0 Å². The van der Waals surface area contributed by atoms with Crippen molar-refractivity contribution in [2.45, 2.75) is 109 Å². The van der Waals surface area contributed by atoms with Gasteiger partial charge in [0.05, 0.1) is 11.5 Å². The summed E-state index contributed by atoms with van der Waals surface area (Å²) < 4.78 is 52.1. The highest BCUT2D eigenvalue weighted by Gasteiger charge is 2.37. The minimum Gasteiger partial charge on any atom is -0.474 e. The molecule has 2 saturated heterocycles. The highest BCUT2D eigenvalue weighted by molar-refractivity contribution is 7.27. The smallest absolute Gasteiger partial charge is 0.410 e. The van der Waals surface area contributed by atoms with Crippen LogP contribution in [0.3, 0.4) is 0 Å². The topological polar surface area (TPSA) is 116 Å². The number of amides is 1. The van der Waals surface area contributed by atoms with Gasteiger partial charge >= 0.3 is 6.09 Å². The van der Waals surface area contributed by atoms with Crippen molar-refractivity contribution in [3.05, 3.63) is 41.5 Å². The summed E-state index contributed by atoms with van der Waals surface area (Å²) in [6, 6.07) is 5.62. The van der Waals surface area contributed by atoms with Crippen LogP contribution in [0.1, 0.15) is 78.7 Å². The average molecular weight is 699 g/mol. The number of rotatable bonds is 9. The summed E-state index contributed by atoms with van der Waals surface area (Å²) in [4.78, 5) is 30.4. The normalized spacial score (nSPS) is 22.4. The van der Waals surface area contributed by atoms with E-state index in [0.29, 0.717) is 44.1 Å². The first-order valence-electron chi connectivity index (χ1n) is 16.4. The van der Waals surface area contributed by atoms with Crippen molar-refractivity contribution in [1.29, 1.82) is 0 Å². The summed E-state index contributed by atoms with van der Waals surface area (Å²) in [7, 11) is 4.41. The second-order valence-electron chi connectivity index (χ2n) is 14.3. The molecule has 264 valence electrons. The van der Waals surface area contributed by atoms with E-state index in [2.05, 4.69) is 35.3 Å². The van der Waals surface area contributed by atoms with Crippen molar-refractivity contribution < 1.29 is 32.3 Å². The zero-order valence-electron chi connectivity index (χ0n) is 29.1. The standard InChI is InChI=1S/C35H45F2N6O5P/c1-9-10-23-17-24(13-14-43(23)33(44)47-34(3,4)5)46-29-18-28(45-20(2)26-15-22(37)19-42(26)8)38-30(39-29)31-40-32(48-41-31)35(6,7)25-12-11-21(36)16-27(25)49/h1,11-12,16,18,20,22-24,26H,10,13-15,17,19,49H2,2-8H3/t20-,22+,23+,24-,26-/m0/s1. The van der Waals surface area contributed by atoms with Gasteiger partial charge in [0.25, 0.3) is 0 Å². The molecule has 49 heavy (non-hydrogen) atoms. The third-order valence-electron chi connectivity index (χ3n) is 8.86. The Bertz CT molecular complexity index is 1690. The summed E-state index contributed by atoms with van der Waals surface area (Å²) in [5, 5.41) is 4.85. The molecule has 3 aromatic rings. The van der Waals surface area contributed by atoms with E-state index in [9.17, 15) is 13.6 Å². The second-order valence-corrected chi connectivity index (χ2v) is 14.9. The lowest BCUT2D eigenvalue weighted by molar-refractivity contribution is -0.00375. The summed E-state index contributed by atoms with van der Waals surface area (Å²) in [5.41, 5.74) is -0.631. The molecule has 1 unspecified atom stereocenters. The van der Waals surface area contributed by atoms with Crippen molar-refractivity contribution in [1.82, 2.24) is 29.9 Å². The van der Waals surface area contributed by atoms with Crippen LogP contribution in [0, 0.1) is 18.2 Å². The number of nitrogens with zero attached hydrogens (tertiary/aromatic N) is 6. The van der Waals surface area contributed by atoms with Crippen molar-refractivity contribution in [2.24, 2.45) is 0 Å². The van der Waals surface area contributed by atoms with E-state index in [-0.39, 0.29) is 53.3 Å². The van der Waals surface area contributed by atoms with E-state index in [1.807, 2.05) is 53.5 Å². The predicted molar refractivity (Wildman–Crippen MR) is 183 cm³/mol. The Kier molecular flexibility index (Phi) is 10.8. The van der Waals surface area contributed by atoms with Gasteiger partial charge in [0.2, 0.25) is 29.3 Å². The zero-order valence-corrected chi connectivity index (χ0v) is 30.2. The maximum Gasteiger partial charge on any atom is 0.410 e. The Morgan fingerprint density at radius 2 is 1.88 bits per heavy atom. The number of terminal acetylenes is 1. The van der Waals surface area contributed by atoms with Gasteiger partial charge in [0.15, 0.2) is 0 Å². The average Bonchev–Trinajstić information content (AvgIpc) is 3.63. The number of carbonyl (C=O) groups excluding carboxylic acids is 1. The molecule has 0 N–H and O–H groups in total. The highest BCUT2D eigenvalue weighted by Crippen LogP contribution is 2.33. The van der Waals surface area contributed by atoms with Gasteiger partial charge in [-0.25, -0.2) is 13.6 Å². The third-order valence-corrected chi connectivity index (χ3v) is 9.34. The van der Waals surface area contributed by atoms with Crippen LogP contribution >= 0.6 is 9.24 Å². The molecule has 2 aliphatic rings. The van der Waals surface area contributed by atoms with Crippen LogP contribution in [-0.2, 0) is 10.2 Å². The van der Waals surface area contributed by atoms with Crippen LogP contribution in [0.2, 0.25) is 0 Å². The lowest BCUT2D eigenvalue weighted by Gasteiger charge is -2.39. The summed E-state index contributed by atoms with van der Waals surface area (Å²) in [5.74, 6) is 3.21. The Labute approximate surface area is 288 Å². The Morgan fingerprint density at radius 1 is 1.14 bits per heavy atom. The molecule has 2 aliphatic heterocycles. The first-order valence-corrected chi connectivity index (χ1v) is 17.0. The molecular weight excluding hydrogens is 653 g/mol. The molecule has 0 saturated carbocycles. The number of benzene rings is 1. The van der Waals surface area contributed by atoms with Gasteiger partial charge in [-0.1, -0.05) is 11.2 Å². The molecule has 0 bridgehead atoms. The first-order chi connectivity index (χ1) is 23.0. The second kappa shape index (κ2) is 14.5. The van der Waals surface area contributed by atoms with Gasteiger partial charge in [0.1, 0.15) is 29.8 Å². The molecule has 6 atom stereocenters. The molecule has 0 spiro atoms. The van der Waals surface area contributed by atoms with Gasteiger partial charge < -0.3 is 23.6 Å². The largest absolute Gasteiger partial charge is 0.474 e. The molecule has 11 nitrogen and oxygen atoms in total. The maximum absolute atomic E-state index is 14.2. The molecule has 2 fully saturated rings. The fraction of sp³-hybridized carbons (Fsp3) is 0.571. The van der Waals surface area contributed by atoms with Gasteiger partial charge in [-0.05, 0) is 78.0 Å². The SMILES string of the molecule is C#CC[C@@H]1C[C@@H](Oc2cc(O[C@@H](C)[C@@H]3C[C@@H](F)CN3C)nc(-c3noc(C(C)(C)c4ccc(F)cc4P)n3)n2)CCN1C(=O)OC(C)(C)C. The summed E-state index contributed by atoms with van der Waals surface area (Å²) in [6.45, 7) is 11.8. The van der Waals surface area contributed by atoms with Crippen LogP contribution in [0.5, 0.6) is 11.8 Å². The van der Waals surface area contributed by atoms with E-state index in [1.165, 1.54) is 12.1 Å². The quantitative estimate of drug-likeness (QED) is 0.211. The van der Waals surface area contributed by atoms with Crippen LogP contribution in [0.25, 0.3) is 11.6 Å². The fourth-order valence-electron chi connectivity index (χ4n) is 6.38. The monoisotopic (exact) mass is 698 g/mol. The third kappa shape index (κ3) is 8.65. The molecule has 14 heteroatoms. The molecule has 5 rings (SSSR count). The van der Waals surface area contributed by atoms with Crippen molar-refractivity contribution in [3.63, 3.8) is 0 Å². The number of alkyl halides is 1. The van der Waals surface area contributed by atoms with Crippen LogP contribution in [0.4, 0.5) is 13.6 Å². The first kappa shape index (κ1) is 36.4. The summed E-state index contributed by atoms with van der Waals surface area (Å²) >= 11 is 0. The number of hydrogen-bond donors (Lipinski definition) is 0. The highest BCUT2D eigenvalue weighted by atomic mass is 31.0. The molecule has 0 aliphatic carbocycles. The maximum atomic E-state index is 14.2. The number of aromatic nitrogens is 4. The van der Waals surface area contributed by atoms with Gasteiger partial charge in [0, 0.05) is 44.4 Å². The van der Waals surface area contributed by atoms with Gasteiger partial charge in [-0.3, -0.25) is 4.90 Å². The Morgan fingerprint density at radius 3 is 2.53 bits per heavy atom. The lowest BCUT2D eigenvalue weighted by Crippen LogP contribution is -2.50. The van der Waals surface area contributed by atoms with Gasteiger partial charge in [-0.2, -0.15) is 15.0 Å². The predicted octanol–water partition coefficient (Wildman–Crippen LogP) is 5.47. The van der Waals surface area contributed by atoms with Gasteiger partial charge in [-0.15, -0.1) is 21.6 Å². The van der Waals surface area contributed by atoms with Crippen molar-refractivity contribution >= 4 is 20.6 Å². The van der Waals surface area contributed by atoms with Crippen LogP contribution in [-0.4, -0.2) is 92.2 Å². The number of hydrogen-bond acceptors (Lipinski definition) is 10. The molecule has 1 amide bonds. The molecule has 2 aromatic heterocycles. The van der Waals surface area contributed by atoms with Crippen LogP contribution in [0.15, 0.2) is 28.8 Å². The molecule has 1 aromatic carbocycles. The van der Waals surface area contributed by atoms with E-state index < -0.39 is 29.4 Å². The molecule has 4 heterocycles. The number of ether oxygens (including phenoxy) is 3. The number of halogens is 2. The van der Waals surface area contributed by atoms with Crippen LogP contribution < -0.4 is 14.8 Å². The molecular formula is C35H45F2N6O5P. The number of piperidine rings is 1. The fourth-order valence-corrected chi connectivity index (χ4v) is 6.99. The van der Waals surface area contributed by atoms with Crippen molar-refractivity contribution in [2.75, 3.05) is 20.1 Å². The van der Waals surface area contributed by atoms with E-state index in [4.69, 9.17) is 25.2 Å². The van der Waals surface area contributed by atoms with Crippen molar-refractivity contribution in [3.8, 4) is 35.8 Å². The number of likely N-dealkylation sites (tertiary alicyclic amines) is 2.